The van der Waals surface area contributed by atoms with Crippen LogP contribution >= 0.6 is 11.6 Å². The zero-order valence-electron chi connectivity index (χ0n) is 19.1. The third kappa shape index (κ3) is 6.43. The predicted molar refractivity (Wildman–Crippen MR) is 123 cm³/mol. The monoisotopic (exact) mass is 449 g/mol. The zero-order chi connectivity index (χ0) is 22.5. The number of likely N-dealkylation sites (tertiary alicyclic amines) is 1. The number of amides is 2. The lowest BCUT2D eigenvalue weighted by Gasteiger charge is -2.40. The van der Waals surface area contributed by atoms with Gasteiger partial charge in [0.05, 0.1) is 22.8 Å². The topological polar surface area (TPSA) is 61.9 Å². The fourth-order valence-corrected chi connectivity index (χ4v) is 4.93. The van der Waals surface area contributed by atoms with E-state index in [1.54, 1.807) is 24.3 Å². The van der Waals surface area contributed by atoms with Crippen LogP contribution in [0.4, 0.5) is 0 Å². The van der Waals surface area contributed by atoms with Crippen LogP contribution in [0.5, 0.6) is 0 Å². The van der Waals surface area contributed by atoms with E-state index in [0.29, 0.717) is 16.5 Å². The lowest BCUT2D eigenvalue weighted by Crippen LogP contribution is -2.54. The third-order valence-corrected chi connectivity index (χ3v) is 6.61. The molecule has 2 saturated heterocycles. The highest BCUT2D eigenvalue weighted by Crippen LogP contribution is 2.23. The molecule has 2 amide bonds. The van der Waals surface area contributed by atoms with E-state index in [-0.39, 0.29) is 29.9 Å². The summed E-state index contributed by atoms with van der Waals surface area (Å²) in [5, 5.41) is 3.31. The van der Waals surface area contributed by atoms with Crippen LogP contribution in [-0.4, -0.2) is 72.6 Å². The Balaban J connectivity index is 1.54. The van der Waals surface area contributed by atoms with Crippen molar-refractivity contribution in [3.63, 3.8) is 0 Å². The molecule has 0 radical (unpaired) electrons. The van der Waals surface area contributed by atoms with E-state index in [2.05, 4.69) is 24.1 Å². The van der Waals surface area contributed by atoms with Gasteiger partial charge < -0.3 is 15.0 Å². The molecular formula is C24H36ClN3O3. The van der Waals surface area contributed by atoms with Crippen LogP contribution in [0.15, 0.2) is 24.3 Å². The van der Waals surface area contributed by atoms with Gasteiger partial charge in [-0.2, -0.15) is 0 Å². The van der Waals surface area contributed by atoms with Gasteiger partial charge in [0.2, 0.25) is 5.91 Å². The van der Waals surface area contributed by atoms with Gasteiger partial charge in [-0.25, -0.2) is 0 Å². The van der Waals surface area contributed by atoms with Crippen molar-refractivity contribution in [2.75, 3.05) is 32.7 Å². The maximum atomic E-state index is 13.2. The van der Waals surface area contributed by atoms with Gasteiger partial charge in [0, 0.05) is 32.7 Å². The Morgan fingerprint density at radius 2 is 1.74 bits per heavy atom. The highest BCUT2D eigenvalue weighted by atomic mass is 35.5. The first-order chi connectivity index (χ1) is 14.7. The summed E-state index contributed by atoms with van der Waals surface area (Å²) in [5.74, 6) is 0.287. The van der Waals surface area contributed by atoms with Crippen molar-refractivity contribution >= 4 is 23.4 Å². The van der Waals surface area contributed by atoms with Crippen molar-refractivity contribution < 1.29 is 14.3 Å². The van der Waals surface area contributed by atoms with Crippen LogP contribution < -0.4 is 5.32 Å². The van der Waals surface area contributed by atoms with Gasteiger partial charge in [0.1, 0.15) is 6.04 Å². The van der Waals surface area contributed by atoms with Crippen LogP contribution in [0.3, 0.4) is 0 Å². The van der Waals surface area contributed by atoms with E-state index in [1.165, 1.54) is 0 Å². The molecule has 31 heavy (non-hydrogen) atoms. The number of hydrogen-bond acceptors (Lipinski definition) is 4. The number of nitrogens with zero attached hydrogens (tertiary/aromatic N) is 2. The van der Waals surface area contributed by atoms with E-state index in [4.69, 9.17) is 16.3 Å². The van der Waals surface area contributed by atoms with Crippen LogP contribution in [0.25, 0.3) is 0 Å². The summed E-state index contributed by atoms with van der Waals surface area (Å²) < 4.78 is 5.84. The van der Waals surface area contributed by atoms with E-state index >= 15 is 0 Å². The van der Waals surface area contributed by atoms with Gasteiger partial charge >= 0.3 is 0 Å². The molecule has 3 atom stereocenters. The first kappa shape index (κ1) is 24.0. The average molecular weight is 450 g/mol. The normalized spacial score (nSPS) is 24.3. The van der Waals surface area contributed by atoms with Gasteiger partial charge in [-0.1, -0.05) is 37.6 Å². The second-order valence-corrected chi connectivity index (χ2v) is 9.83. The molecule has 172 valence electrons. The Morgan fingerprint density at radius 3 is 2.32 bits per heavy atom. The van der Waals surface area contributed by atoms with Crippen LogP contribution in [-0.2, 0) is 9.53 Å². The molecule has 1 N–H and O–H groups in total. The van der Waals surface area contributed by atoms with Crippen molar-refractivity contribution in [2.24, 2.45) is 11.8 Å². The summed E-state index contributed by atoms with van der Waals surface area (Å²) in [6.07, 6.45) is 2.54. The first-order valence-electron chi connectivity index (χ1n) is 11.5. The standard InChI is InChI=1S/C24H36ClN3O3/c1-16(2)22(26-23(29)20-7-5-6-8-21(20)25)24(30)28-11-9-19(10-12-28)15-27-13-17(3)31-18(4)14-27/h5-8,16-19,22H,9-15H2,1-4H3,(H,26,29)/t17-,18-,22+/m1/s1. The molecule has 2 aliphatic rings. The SMILES string of the molecule is CC(C)[C@H](NC(=O)c1ccccc1Cl)C(=O)N1CCC(CN2C[C@@H](C)O[C@H](C)C2)CC1. The third-order valence-electron chi connectivity index (χ3n) is 6.28. The van der Waals surface area contributed by atoms with Crippen molar-refractivity contribution in [3.05, 3.63) is 34.9 Å². The number of carbonyl (C=O) groups excluding carboxylic acids is 2. The van der Waals surface area contributed by atoms with E-state index < -0.39 is 6.04 Å². The smallest absolute Gasteiger partial charge is 0.253 e. The van der Waals surface area contributed by atoms with E-state index in [9.17, 15) is 9.59 Å². The maximum absolute atomic E-state index is 13.2. The minimum absolute atomic E-state index is 0.00229. The Labute approximate surface area is 191 Å². The van der Waals surface area contributed by atoms with Crippen molar-refractivity contribution in [1.82, 2.24) is 15.1 Å². The highest BCUT2D eigenvalue weighted by Gasteiger charge is 2.33. The number of rotatable bonds is 6. The van der Waals surface area contributed by atoms with Gasteiger partial charge in [-0.3, -0.25) is 14.5 Å². The summed E-state index contributed by atoms with van der Waals surface area (Å²) in [5.41, 5.74) is 0.398. The molecular weight excluding hydrogens is 414 g/mol. The Morgan fingerprint density at radius 1 is 1.13 bits per heavy atom. The number of halogens is 1. The van der Waals surface area contributed by atoms with E-state index in [0.717, 1.165) is 45.6 Å². The Hall–Kier alpha value is -1.63. The summed E-state index contributed by atoms with van der Waals surface area (Å²) in [6, 6.07) is 6.36. The van der Waals surface area contributed by atoms with Crippen molar-refractivity contribution in [3.8, 4) is 0 Å². The molecule has 0 aromatic heterocycles. The van der Waals surface area contributed by atoms with Crippen LogP contribution in [0, 0.1) is 11.8 Å². The summed E-state index contributed by atoms with van der Waals surface area (Å²) in [4.78, 5) is 30.4. The van der Waals surface area contributed by atoms with Crippen LogP contribution in [0.2, 0.25) is 5.02 Å². The maximum Gasteiger partial charge on any atom is 0.253 e. The first-order valence-corrected chi connectivity index (χ1v) is 11.8. The second-order valence-electron chi connectivity index (χ2n) is 9.42. The Kier molecular flexibility index (Phi) is 8.36. The quantitative estimate of drug-likeness (QED) is 0.722. The molecule has 2 aliphatic heterocycles. The molecule has 0 aliphatic carbocycles. The molecule has 0 unspecified atom stereocenters. The van der Waals surface area contributed by atoms with Gasteiger partial charge in [0.25, 0.3) is 5.91 Å². The van der Waals surface area contributed by atoms with Crippen molar-refractivity contribution in [2.45, 2.75) is 58.8 Å². The minimum Gasteiger partial charge on any atom is -0.373 e. The molecule has 1 aromatic carbocycles. The molecule has 2 fully saturated rings. The van der Waals surface area contributed by atoms with Gasteiger partial charge in [-0.05, 0) is 50.7 Å². The van der Waals surface area contributed by atoms with E-state index in [1.807, 2.05) is 18.7 Å². The minimum atomic E-state index is -0.554. The summed E-state index contributed by atoms with van der Waals surface area (Å²) in [7, 11) is 0. The lowest BCUT2D eigenvalue weighted by molar-refractivity contribution is -0.136. The van der Waals surface area contributed by atoms with Gasteiger partial charge in [0.15, 0.2) is 0 Å². The number of benzene rings is 1. The average Bonchev–Trinajstić information content (AvgIpc) is 2.71. The number of morpholine rings is 1. The number of ether oxygens (including phenoxy) is 1. The number of piperidine rings is 1. The van der Waals surface area contributed by atoms with Crippen LogP contribution in [0.1, 0.15) is 50.9 Å². The fraction of sp³-hybridized carbons (Fsp3) is 0.667. The summed E-state index contributed by atoms with van der Waals surface area (Å²) in [6.45, 7) is 12.7. The van der Waals surface area contributed by atoms with Gasteiger partial charge in [-0.15, -0.1) is 0 Å². The Bertz CT molecular complexity index is 754. The molecule has 1 aromatic rings. The molecule has 7 heteroatoms. The zero-order valence-corrected chi connectivity index (χ0v) is 19.9. The molecule has 0 spiro atoms. The molecule has 2 heterocycles. The molecule has 0 bridgehead atoms. The molecule has 6 nitrogen and oxygen atoms in total. The number of nitrogens with one attached hydrogen (secondary N) is 1. The molecule has 0 saturated carbocycles. The fourth-order valence-electron chi connectivity index (χ4n) is 4.71. The highest BCUT2D eigenvalue weighted by molar-refractivity contribution is 6.33. The largest absolute Gasteiger partial charge is 0.373 e. The number of hydrogen-bond donors (Lipinski definition) is 1. The second kappa shape index (κ2) is 10.8. The predicted octanol–water partition coefficient (Wildman–Crippen LogP) is 3.44. The molecule has 3 rings (SSSR count). The lowest BCUT2D eigenvalue weighted by atomic mass is 9.94. The number of carbonyl (C=O) groups is 2. The summed E-state index contributed by atoms with van der Waals surface area (Å²) >= 11 is 6.16. The van der Waals surface area contributed by atoms with Crippen molar-refractivity contribution in [1.29, 1.82) is 0 Å².